The third-order valence-corrected chi connectivity index (χ3v) is 2.33. The molecular weight excluding hydrogens is 244 g/mol. The Morgan fingerprint density at radius 3 is 2.56 bits per heavy atom. The van der Waals surface area contributed by atoms with Crippen LogP contribution in [0.15, 0.2) is 41.3 Å². The second kappa shape index (κ2) is 4.40. The molecule has 0 bridgehead atoms. The van der Waals surface area contributed by atoms with E-state index in [2.05, 4.69) is 0 Å². The molecule has 4 nitrogen and oxygen atoms in total. The van der Waals surface area contributed by atoms with Gasteiger partial charge >= 0.3 is 5.97 Å². The number of hydrogen-bond donors (Lipinski definition) is 1. The highest BCUT2D eigenvalue weighted by atomic mass is 19.1. The Morgan fingerprint density at radius 1 is 1.17 bits per heavy atom. The monoisotopic (exact) mass is 251 g/mol. The zero-order valence-corrected chi connectivity index (χ0v) is 8.93. The number of aromatic carboxylic acids is 1. The van der Waals surface area contributed by atoms with Gasteiger partial charge in [0.15, 0.2) is 0 Å². The topological polar surface area (TPSA) is 59.3 Å². The number of hydrogen-bond acceptors (Lipinski definition) is 2. The molecule has 1 heterocycles. The van der Waals surface area contributed by atoms with E-state index in [0.717, 1.165) is 41.1 Å². The van der Waals surface area contributed by atoms with Gasteiger partial charge in [-0.05, 0) is 18.2 Å². The minimum Gasteiger partial charge on any atom is -0.478 e. The fourth-order valence-electron chi connectivity index (χ4n) is 1.47. The van der Waals surface area contributed by atoms with Gasteiger partial charge in [0.1, 0.15) is 11.6 Å². The highest BCUT2D eigenvalue weighted by Gasteiger charge is 2.10. The molecule has 0 radical (unpaired) electrons. The second-order valence-corrected chi connectivity index (χ2v) is 3.53. The van der Waals surface area contributed by atoms with E-state index >= 15 is 0 Å². The van der Waals surface area contributed by atoms with Crippen molar-refractivity contribution in [2.75, 3.05) is 0 Å². The van der Waals surface area contributed by atoms with Gasteiger partial charge in [-0.25, -0.2) is 13.6 Å². The van der Waals surface area contributed by atoms with E-state index in [1.165, 1.54) is 0 Å². The minimum absolute atomic E-state index is 0.196. The Bertz CT molecular complexity index is 679. The highest BCUT2D eigenvalue weighted by Crippen LogP contribution is 2.13. The summed E-state index contributed by atoms with van der Waals surface area (Å²) in [6.45, 7) is 0. The van der Waals surface area contributed by atoms with E-state index < -0.39 is 23.2 Å². The Balaban J connectivity index is 2.70. The molecule has 18 heavy (non-hydrogen) atoms. The maximum absolute atomic E-state index is 13.5. The molecule has 0 amide bonds. The van der Waals surface area contributed by atoms with Crippen LogP contribution in [0.5, 0.6) is 0 Å². The summed E-state index contributed by atoms with van der Waals surface area (Å²) in [5.41, 5.74) is -1.18. The zero-order chi connectivity index (χ0) is 13.3. The van der Waals surface area contributed by atoms with Crippen molar-refractivity contribution >= 4 is 5.97 Å². The number of benzene rings is 1. The number of nitrogens with zero attached hydrogens (tertiary/aromatic N) is 1. The fourth-order valence-corrected chi connectivity index (χ4v) is 1.47. The molecule has 0 spiro atoms. The Hall–Kier alpha value is -2.50. The van der Waals surface area contributed by atoms with Gasteiger partial charge in [0.25, 0.3) is 5.56 Å². The quantitative estimate of drug-likeness (QED) is 0.885. The summed E-state index contributed by atoms with van der Waals surface area (Å²) in [6, 6.07) is 4.67. The molecule has 0 aliphatic heterocycles. The molecule has 0 unspecified atom stereocenters. The standard InChI is InChI=1S/C12H7F2NO3/c13-8-2-3-9(14)10(5-8)15-6-7(12(17)18)1-4-11(15)16/h1-6H,(H,17,18). The van der Waals surface area contributed by atoms with E-state index in [-0.39, 0.29) is 11.3 Å². The first-order chi connectivity index (χ1) is 8.49. The fraction of sp³-hybridized carbons (Fsp3) is 0. The summed E-state index contributed by atoms with van der Waals surface area (Å²) in [7, 11) is 0. The van der Waals surface area contributed by atoms with Crippen LogP contribution < -0.4 is 5.56 Å². The van der Waals surface area contributed by atoms with Crippen LogP contribution in [0.4, 0.5) is 8.78 Å². The maximum atomic E-state index is 13.5. The molecule has 2 rings (SSSR count). The van der Waals surface area contributed by atoms with Crippen LogP contribution in [0.25, 0.3) is 5.69 Å². The highest BCUT2D eigenvalue weighted by molar-refractivity contribution is 5.87. The van der Waals surface area contributed by atoms with Gasteiger partial charge in [0.05, 0.1) is 11.3 Å². The average Bonchev–Trinajstić information content (AvgIpc) is 2.33. The molecular formula is C12H7F2NO3. The minimum atomic E-state index is -1.26. The van der Waals surface area contributed by atoms with Crippen molar-refractivity contribution in [3.8, 4) is 5.69 Å². The lowest BCUT2D eigenvalue weighted by Crippen LogP contribution is -2.19. The Morgan fingerprint density at radius 2 is 1.89 bits per heavy atom. The molecule has 0 atom stereocenters. The first-order valence-electron chi connectivity index (χ1n) is 4.90. The number of carboxylic acids is 1. The van der Waals surface area contributed by atoms with Gasteiger partial charge in [0, 0.05) is 18.3 Å². The van der Waals surface area contributed by atoms with Crippen molar-refractivity contribution in [2.24, 2.45) is 0 Å². The van der Waals surface area contributed by atoms with Crippen molar-refractivity contribution in [2.45, 2.75) is 0 Å². The van der Waals surface area contributed by atoms with Crippen LogP contribution in [0.1, 0.15) is 10.4 Å². The number of aromatic nitrogens is 1. The zero-order valence-electron chi connectivity index (χ0n) is 8.93. The molecule has 1 aromatic carbocycles. The summed E-state index contributed by atoms with van der Waals surface area (Å²) in [6.07, 6.45) is 0.947. The van der Waals surface area contributed by atoms with Crippen LogP contribution >= 0.6 is 0 Å². The maximum Gasteiger partial charge on any atom is 0.337 e. The summed E-state index contributed by atoms with van der Waals surface area (Å²) in [4.78, 5) is 22.3. The molecule has 0 saturated heterocycles. The van der Waals surface area contributed by atoms with Crippen LogP contribution in [0.3, 0.4) is 0 Å². The number of carboxylic acid groups (broad SMARTS) is 1. The van der Waals surface area contributed by atoms with Crippen LogP contribution in [-0.2, 0) is 0 Å². The smallest absolute Gasteiger partial charge is 0.337 e. The summed E-state index contributed by atoms with van der Waals surface area (Å²) in [5.74, 6) is -2.80. The number of carbonyl (C=O) groups is 1. The van der Waals surface area contributed by atoms with Crippen LogP contribution in [-0.4, -0.2) is 15.6 Å². The molecule has 1 N–H and O–H groups in total. The van der Waals surface area contributed by atoms with E-state index in [4.69, 9.17) is 5.11 Å². The molecule has 0 fully saturated rings. The van der Waals surface area contributed by atoms with Gasteiger partial charge in [-0.3, -0.25) is 9.36 Å². The van der Waals surface area contributed by atoms with E-state index in [1.54, 1.807) is 0 Å². The largest absolute Gasteiger partial charge is 0.478 e. The summed E-state index contributed by atoms with van der Waals surface area (Å²) in [5, 5.41) is 8.79. The molecule has 2 aromatic rings. The Kier molecular flexibility index (Phi) is 2.93. The normalized spacial score (nSPS) is 10.3. The molecule has 0 saturated carbocycles. The van der Waals surface area contributed by atoms with Gasteiger partial charge in [-0.15, -0.1) is 0 Å². The lowest BCUT2D eigenvalue weighted by molar-refractivity contribution is 0.0696. The predicted octanol–water partition coefficient (Wildman–Crippen LogP) is 1.81. The van der Waals surface area contributed by atoms with Crippen molar-refractivity contribution in [3.63, 3.8) is 0 Å². The lowest BCUT2D eigenvalue weighted by Gasteiger charge is -2.07. The van der Waals surface area contributed by atoms with E-state index in [0.29, 0.717) is 0 Å². The third kappa shape index (κ3) is 2.13. The summed E-state index contributed by atoms with van der Waals surface area (Å²) >= 11 is 0. The SMILES string of the molecule is O=C(O)c1ccc(=O)n(-c2cc(F)ccc2F)c1. The molecule has 92 valence electrons. The van der Waals surface area contributed by atoms with Crippen molar-refractivity contribution in [1.82, 2.24) is 4.57 Å². The number of halogens is 2. The first kappa shape index (κ1) is 12.0. The Labute approximate surface area is 99.7 Å². The second-order valence-electron chi connectivity index (χ2n) is 3.53. The third-order valence-electron chi connectivity index (χ3n) is 2.33. The van der Waals surface area contributed by atoms with Crippen LogP contribution in [0.2, 0.25) is 0 Å². The van der Waals surface area contributed by atoms with Gasteiger partial charge in [-0.1, -0.05) is 0 Å². The first-order valence-corrected chi connectivity index (χ1v) is 4.90. The van der Waals surface area contributed by atoms with Crippen molar-refractivity contribution in [1.29, 1.82) is 0 Å². The summed E-state index contributed by atoms with van der Waals surface area (Å²) < 4.78 is 27.3. The molecule has 0 aliphatic rings. The van der Waals surface area contributed by atoms with E-state index in [1.807, 2.05) is 0 Å². The van der Waals surface area contributed by atoms with Crippen molar-refractivity contribution < 1.29 is 18.7 Å². The molecule has 1 aromatic heterocycles. The van der Waals surface area contributed by atoms with Crippen molar-refractivity contribution in [3.05, 3.63) is 64.1 Å². The van der Waals surface area contributed by atoms with Gasteiger partial charge in [-0.2, -0.15) is 0 Å². The molecule has 0 aliphatic carbocycles. The van der Waals surface area contributed by atoms with Gasteiger partial charge < -0.3 is 5.11 Å². The molecule has 6 heteroatoms. The van der Waals surface area contributed by atoms with Gasteiger partial charge in [0.2, 0.25) is 0 Å². The lowest BCUT2D eigenvalue weighted by atomic mass is 10.2. The number of rotatable bonds is 2. The van der Waals surface area contributed by atoms with E-state index in [9.17, 15) is 18.4 Å². The van der Waals surface area contributed by atoms with Crippen LogP contribution in [0, 0.1) is 11.6 Å². The average molecular weight is 251 g/mol. The predicted molar refractivity (Wildman–Crippen MR) is 58.9 cm³/mol. The number of pyridine rings is 1.